The predicted octanol–water partition coefficient (Wildman–Crippen LogP) is 1.40. The van der Waals surface area contributed by atoms with Gasteiger partial charge in [0.2, 0.25) is 5.91 Å². The topological polar surface area (TPSA) is 83.9 Å². The largest absolute Gasteiger partial charge is 0.480 e. The summed E-state index contributed by atoms with van der Waals surface area (Å²) < 4.78 is 4.42. The third-order valence-corrected chi connectivity index (χ3v) is 7.22. The smallest absolute Gasteiger partial charge is 0.326 e. The standard InChI is InChI=1S/C13H19NO5S2/c1-8(5-10(15)19-2)11(16)14-7-13(3-4-20-21-13)6-9(14)12(17)18/h8-9H,3-7H2,1-2H3,(H,17,18)/t8?,9-,13?/m0/s1. The number of nitrogens with zero attached hydrogens (tertiary/aromatic N) is 1. The molecule has 2 aliphatic rings. The van der Waals surface area contributed by atoms with E-state index in [1.807, 2.05) is 0 Å². The van der Waals surface area contributed by atoms with Crippen LogP contribution in [0.1, 0.15) is 26.2 Å². The highest BCUT2D eigenvalue weighted by molar-refractivity contribution is 8.77. The molecule has 8 heteroatoms. The average molecular weight is 333 g/mol. The van der Waals surface area contributed by atoms with Gasteiger partial charge < -0.3 is 14.7 Å². The van der Waals surface area contributed by atoms with Crippen LogP contribution in [0.15, 0.2) is 0 Å². The van der Waals surface area contributed by atoms with Crippen LogP contribution in [-0.4, -0.2) is 58.0 Å². The number of esters is 1. The van der Waals surface area contributed by atoms with Crippen LogP contribution in [0.25, 0.3) is 0 Å². The number of amides is 1. The van der Waals surface area contributed by atoms with E-state index in [1.165, 1.54) is 12.0 Å². The fourth-order valence-corrected chi connectivity index (χ4v) is 6.18. The third kappa shape index (κ3) is 3.48. The Labute approximate surface area is 131 Å². The van der Waals surface area contributed by atoms with Crippen LogP contribution in [0.3, 0.4) is 0 Å². The quantitative estimate of drug-likeness (QED) is 0.615. The number of ether oxygens (including phenoxy) is 1. The molecule has 21 heavy (non-hydrogen) atoms. The van der Waals surface area contributed by atoms with E-state index in [0.29, 0.717) is 13.0 Å². The third-order valence-electron chi connectivity index (χ3n) is 3.97. The number of carbonyl (C=O) groups is 3. The molecule has 2 unspecified atom stereocenters. The summed E-state index contributed by atoms with van der Waals surface area (Å²) in [5.74, 6) is -1.28. The molecular formula is C13H19NO5S2. The van der Waals surface area contributed by atoms with Crippen molar-refractivity contribution in [2.75, 3.05) is 19.4 Å². The molecule has 1 N–H and O–H groups in total. The minimum absolute atomic E-state index is 0.0208. The Kier molecular flexibility index (Phi) is 5.08. The molecule has 1 spiro atoms. The normalized spacial score (nSPS) is 29.6. The molecule has 2 saturated heterocycles. The lowest BCUT2D eigenvalue weighted by Crippen LogP contribution is -2.43. The van der Waals surface area contributed by atoms with Crippen LogP contribution in [0.5, 0.6) is 0 Å². The molecule has 0 radical (unpaired) electrons. The van der Waals surface area contributed by atoms with Gasteiger partial charge in [0, 0.05) is 23.0 Å². The zero-order valence-electron chi connectivity index (χ0n) is 12.0. The summed E-state index contributed by atoms with van der Waals surface area (Å²) in [5, 5.41) is 9.38. The Bertz CT molecular complexity index is 450. The molecule has 2 fully saturated rings. The summed E-state index contributed by atoms with van der Waals surface area (Å²) in [7, 11) is 4.70. The van der Waals surface area contributed by atoms with Crippen LogP contribution in [0.4, 0.5) is 0 Å². The van der Waals surface area contributed by atoms with E-state index < -0.39 is 23.9 Å². The van der Waals surface area contributed by atoms with Gasteiger partial charge >= 0.3 is 11.9 Å². The van der Waals surface area contributed by atoms with Gasteiger partial charge in [0.05, 0.1) is 13.5 Å². The maximum atomic E-state index is 12.5. The maximum absolute atomic E-state index is 12.5. The van der Waals surface area contributed by atoms with Crippen molar-refractivity contribution in [1.82, 2.24) is 4.90 Å². The summed E-state index contributed by atoms with van der Waals surface area (Å²) in [5.41, 5.74) is 0. The second-order valence-electron chi connectivity index (χ2n) is 5.54. The maximum Gasteiger partial charge on any atom is 0.326 e. The lowest BCUT2D eigenvalue weighted by Gasteiger charge is -2.25. The highest BCUT2D eigenvalue weighted by Crippen LogP contribution is 2.53. The van der Waals surface area contributed by atoms with Gasteiger partial charge in [-0.05, 0) is 12.8 Å². The van der Waals surface area contributed by atoms with Gasteiger partial charge in [0.1, 0.15) is 6.04 Å². The summed E-state index contributed by atoms with van der Waals surface area (Å²) in [6.45, 7) is 2.09. The van der Waals surface area contributed by atoms with E-state index in [-0.39, 0.29) is 17.1 Å². The number of carbonyl (C=O) groups excluding carboxylic acids is 2. The van der Waals surface area contributed by atoms with E-state index in [0.717, 1.165) is 12.2 Å². The molecule has 2 heterocycles. The van der Waals surface area contributed by atoms with Gasteiger partial charge in [-0.2, -0.15) is 0 Å². The van der Waals surface area contributed by atoms with Crippen molar-refractivity contribution in [2.45, 2.75) is 37.0 Å². The Balaban J connectivity index is 2.10. The zero-order chi connectivity index (χ0) is 15.6. The van der Waals surface area contributed by atoms with E-state index in [2.05, 4.69) is 4.74 Å². The summed E-state index contributed by atoms with van der Waals surface area (Å²) in [4.78, 5) is 36.7. The van der Waals surface area contributed by atoms with Crippen molar-refractivity contribution in [3.8, 4) is 0 Å². The SMILES string of the molecule is COC(=O)CC(C)C(=O)N1CC2(CCSS2)C[C@H]1C(=O)O. The van der Waals surface area contributed by atoms with Crippen LogP contribution in [0, 0.1) is 5.92 Å². The zero-order valence-corrected chi connectivity index (χ0v) is 13.7. The Hall–Kier alpha value is -0.890. The minimum atomic E-state index is -0.969. The van der Waals surface area contributed by atoms with Gasteiger partial charge in [0.25, 0.3) is 0 Å². The number of carboxylic acids is 1. The van der Waals surface area contributed by atoms with E-state index in [9.17, 15) is 19.5 Å². The first-order valence-corrected chi connectivity index (χ1v) is 9.11. The highest BCUT2D eigenvalue weighted by atomic mass is 33.1. The number of aliphatic carboxylic acids is 1. The van der Waals surface area contributed by atoms with Crippen LogP contribution < -0.4 is 0 Å². The molecule has 2 aliphatic heterocycles. The molecule has 0 saturated carbocycles. The monoisotopic (exact) mass is 333 g/mol. The van der Waals surface area contributed by atoms with Crippen LogP contribution in [0.2, 0.25) is 0 Å². The fourth-order valence-electron chi connectivity index (χ4n) is 2.78. The second-order valence-corrected chi connectivity index (χ2v) is 8.43. The van der Waals surface area contributed by atoms with Gasteiger partial charge in [-0.3, -0.25) is 9.59 Å². The van der Waals surface area contributed by atoms with Gasteiger partial charge in [-0.1, -0.05) is 28.5 Å². The number of hydrogen-bond acceptors (Lipinski definition) is 6. The molecular weight excluding hydrogens is 314 g/mol. The Morgan fingerprint density at radius 2 is 2.19 bits per heavy atom. The van der Waals surface area contributed by atoms with Crippen molar-refractivity contribution in [3.63, 3.8) is 0 Å². The highest BCUT2D eigenvalue weighted by Gasteiger charge is 2.51. The molecule has 2 rings (SSSR count). The van der Waals surface area contributed by atoms with E-state index in [1.54, 1.807) is 28.5 Å². The number of methoxy groups -OCH3 is 1. The summed E-state index contributed by atoms with van der Waals surface area (Å²) >= 11 is 0. The van der Waals surface area contributed by atoms with Crippen LogP contribution >= 0.6 is 21.6 Å². The van der Waals surface area contributed by atoms with Crippen molar-refractivity contribution in [1.29, 1.82) is 0 Å². The van der Waals surface area contributed by atoms with Gasteiger partial charge in [-0.25, -0.2) is 4.79 Å². The number of likely N-dealkylation sites (tertiary alicyclic amines) is 1. The Morgan fingerprint density at radius 1 is 1.48 bits per heavy atom. The number of carboxylic acid groups (broad SMARTS) is 1. The molecule has 0 aromatic heterocycles. The number of hydrogen-bond donors (Lipinski definition) is 1. The molecule has 3 atom stereocenters. The van der Waals surface area contributed by atoms with E-state index >= 15 is 0 Å². The molecule has 1 amide bonds. The fraction of sp³-hybridized carbons (Fsp3) is 0.769. The molecule has 0 aromatic carbocycles. The van der Waals surface area contributed by atoms with Gasteiger partial charge in [-0.15, -0.1) is 0 Å². The first-order chi connectivity index (χ1) is 9.88. The predicted molar refractivity (Wildman–Crippen MR) is 80.9 cm³/mol. The molecule has 6 nitrogen and oxygen atoms in total. The average Bonchev–Trinajstić information content (AvgIpc) is 3.05. The first-order valence-electron chi connectivity index (χ1n) is 6.79. The van der Waals surface area contributed by atoms with Crippen molar-refractivity contribution in [2.24, 2.45) is 5.92 Å². The lowest BCUT2D eigenvalue weighted by molar-refractivity contribution is -0.151. The molecule has 0 aliphatic carbocycles. The molecule has 118 valence electrons. The van der Waals surface area contributed by atoms with Crippen molar-refractivity contribution in [3.05, 3.63) is 0 Å². The second kappa shape index (κ2) is 6.48. The van der Waals surface area contributed by atoms with Gasteiger partial charge in [0.15, 0.2) is 0 Å². The number of rotatable bonds is 4. The van der Waals surface area contributed by atoms with Crippen molar-refractivity contribution < 1.29 is 24.2 Å². The Morgan fingerprint density at radius 3 is 2.71 bits per heavy atom. The lowest BCUT2D eigenvalue weighted by atomic mass is 10.0. The summed E-state index contributed by atoms with van der Waals surface area (Å²) in [6.07, 6.45) is 1.38. The molecule has 0 bridgehead atoms. The molecule has 0 aromatic rings. The van der Waals surface area contributed by atoms with E-state index in [4.69, 9.17) is 0 Å². The minimum Gasteiger partial charge on any atom is -0.480 e. The summed E-state index contributed by atoms with van der Waals surface area (Å²) in [6, 6.07) is -0.788. The first kappa shape index (κ1) is 16.5. The van der Waals surface area contributed by atoms with Crippen molar-refractivity contribution >= 4 is 39.4 Å². The van der Waals surface area contributed by atoms with Crippen LogP contribution in [-0.2, 0) is 19.1 Å².